The van der Waals surface area contributed by atoms with Crippen LogP contribution in [0.3, 0.4) is 0 Å². The SMILES string of the molecule is COc1ccc(NC(=O)[C@H](C)Sc2nnc(C3CC3)o2)cc1OC. The Labute approximate surface area is 144 Å². The highest BCUT2D eigenvalue weighted by Gasteiger charge is 2.30. The van der Waals surface area contributed by atoms with Crippen molar-refractivity contribution in [2.75, 3.05) is 19.5 Å². The molecule has 24 heavy (non-hydrogen) atoms. The van der Waals surface area contributed by atoms with E-state index in [1.807, 2.05) is 0 Å². The molecule has 0 unspecified atom stereocenters. The zero-order valence-corrected chi connectivity index (χ0v) is 14.6. The van der Waals surface area contributed by atoms with Crippen LogP contribution in [-0.4, -0.2) is 35.6 Å². The highest BCUT2D eigenvalue weighted by Crippen LogP contribution is 2.40. The van der Waals surface area contributed by atoms with Crippen molar-refractivity contribution >= 4 is 23.4 Å². The summed E-state index contributed by atoms with van der Waals surface area (Å²) in [5.74, 6) is 2.09. The van der Waals surface area contributed by atoms with Crippen LogP contribution < -0.4 is 14.8 Å². The molecule has 1 amide bonds. The summed E-state index contributed by atoms with van der Waals surface area (Å²) in [6.07, 6.45) is 2.20. The minimum absolute atomic E-state index is 0.154. The first-order chi connectivity index (χ1) is 11.6. The van der Waals surface area contributed by atoms with Gasteiger partial charge in [0.1, 0.15) is 0 Å². The zero-order chi connectivity index (χ0) is 17.1. The first-order valence-electron chi connectivity index (χ1n) is 7.63. The van der Waals surface area contributed by atoms with Crippen molar-refractivity contribution in [1.29, 1.82) is 0 Å². The van der Waals surface area contributed by atoms with E-state index in [0.29, 0.717) is 34.2 Å². The Balaban J connectivity index is 1.60. The van der Waals surface area contributed by atoms with Gasteiger partial charge in [-0.2, -0.15) is 0 Å². The molecule has 1 fully saturated rings. The van der Waals surface area contributed by atoms with Gasteiger partial charge < -0.3 is 19.2 Å². The van der Waals surface area contributed by atoms with Crippen molar-refractivity contribution in [3.05, 3.63) is 24.1 Å². The van der Waals surface area contributed by atoms with Crippen LogP contribution in [0.2, 0.25) is 0 Å². The normalized spacial score (nSPS) is 15.0. The lowest BCUT2D eigenvalue weighted by Gasteiger charge is -2.12. The van der Waals surface area contributed by atoms with E-state index in [9.17, 15) is 4.79 Å². The van der Waals surface area contributed by atoms with Gasteiger partial charge in [-0.3, -0.25) is 4.79 Å². The van der Waals surface area contributed by atoms with E-state index in [-0.39, 0.29) is 11.2 Å². The predicted molar refractivity (Wildman–Crippen MR) is 89.8 cm³/mol. The van der Waals surface area contributed by atoms with Gasteiger partial charge in [0.25, 0.3) is 5.22 Å². The fourth-order valence-corrected chi connectivity index (χ4v) is 2.82. The minimum Gasteiger partial charge on any atom is -0.493 e. The van der Waals surface area contributed by atoms with Crippen LogP contribution in [0.1, 0.15) is 31.6 Å². The molecule has 0 bridgehead atoms. The Morgan fingerprint density at radius 3 is 2.71 bits per heavy atom. The van der Waals surface area contributed by atoms with Crippen LogP contribution in [0.4, 0.5) is 5.69 Å². The van der Waals surface area contributed by atoms with E-state index in [1.54, 1.807) is 39.3 Å². The van der Waals surface area contributed by atoms with Gasteiger partial charge in [0.2, 0.25) is 11.8 Å². The Morgan fingerprint density at radius 1 is 1.29 bits per heavy atom. The molecule has 7 nitrogen and oxygen atoms in total. The molecule has 1 N–H and O–H groups in total. The van der Waals surface area contributed by atoms with Crippen molar-refractivity contribution < 1.29 is 18.7 Å². The number of rotatable bonds is 7. The molecule has 2 aromatic rings. The van der Waals surface area contributed by atoms with Crippen molar-refractivity contribution in [1.82, 2.24) is 10.2 Å². The maximum Gasteiger partial charge on any atom is 0.277 e. The zero-order valence-electron chi connectivity index (χ0n) is 13.7. The second-order valence-corrected chi connectivity index (χ2v) is 6.79. The number of methoxy groups -OCH3 is 2. The molecular weight excluding hydrogens is 330 g/mol. The summed E-state index contributed by atoms with van der Waals surface area (Å²) < 4.78 is 16.0. The molecule has 0 spiro atoms. The third-order valence-electron chi connectivity index (χ3n) is 3.65. The Kier molecular flexibility index (Phi) is 4.94. The Hall–Kier alpha value is -2.22. The van der Waals surface area contributed by atoms with Gasteiger partial charge in [-0.05, 0) is 31.9 Å². The van der Waals surface area contributed by atoms with Gasteiger partial charge in [0.15, 0.2) is 11.5 Å². The lowest BCUT2D eigenvalue weighted by atomic mass is 10.2. The highest BCUT2D eigenvalue weighted by atomic mass is 32.2. The van der Waals surface area contributed by atoms with Crippen molar-refractivity contribution in [2.45, 2.75) is 36.2 Å². The summed E-state index contributed by atoms with van der Waals surface area (Å²) in [7, 11) is 3.12. The third kappa shape index (κ3) is 3.81. The quantitative estimate of drug-likeness (QED) is 0.769. The van der Waals surface area contributed by atoms with Crippen LogP contribution >= 0.6 is 11.8 Å². The summed E-state index contributed by atoms with van der Waals surface area (Å²) in [4.78, 5) is 12.3. The molecule has 1 heterocycles. The summed E-state index contributed by atoms with van der Waals surface area (Å²) in [5, 5.41) is 10.9. The van der Waals surface area contributed by atoms with Crippen molar-refractivity contribution in [2.24, 2.45) is 0 Å². The van der Waals surface area contributed by atoms with Gasteiger partial charge in [-0.15, -0.1) is 10.2 Å². The standard InChI is InChI=1S/C16H19N3O4S/c1-9(24-16-19-18-15(23-16)10-4-5-10)14(20)17-11-6-7-12(21-2)13(8-11)22-3/h6-10H,4-5H2,1-3H3,(H,17,20)/t9-/m0/s1. The minimum atomic E-state index is -0.370. The topological polar surface area (TPSA) is 86.5 Å². The van der Waals surface area contributed by atoms with Crippen molar-refractivity contribution in [3.63, 3.8) is 0 Å². The molecule has 8 heteroatoms. The molecule has 1 saturated carbocycles. The molecule has 1 aliphatic carbocycles. The molecule has 0 radical (unpaired) electrons. The molecule has 1 atom stereocenters. The van der Waals surface area contributed by atoms with Gasteiger partial charge >= 0.3 is 0 Å². The predicted octanol–water partition coefficient (Wildman–Crippen LogP) is 3.08. The van der Waals surface area contributed by atoms with Crippen LogP contribution in [-0.2, 0) is 4.79 Å². The largest absolute Gasteiger partial charge is 0.493 e. The second-order valence-electron chi connectivity index (χ2n) is 5.50. The molecule has 0 aliphatic heterocycles. The molecule has 1 aromatic carbocycles. The number of carbonyl (C=O) groups excluding carboxylic acids is 1. The molecule has 3 rings (SSSR count). The average molecular weight is 349 g/mol. The fraction of sp³-hybridized carbons (Fsp3) is 0.438. The molecular formula is C16H19N3O4S. The molecule has 1 aliphatic rings. The number of carbonyl (C=O) groups is 1. The number of nitrogens with one attached hydrogen (secondary N) is 1. The van der Waals surface area contributed by atoms with Gasteiger partial charge in [0, 0.05) is 17.7 Å². The van der Waals surface area contributed by atoms with E-state index in [2.05, 4.69) is 15.5 Å². The Morgan fingerprint density at radius 2 is 2.04 bits per heavy atom. The number of anilines is 1. The fourth-order valence-electron chi connectivity index (χ4n) is 2.13. The number of ether oxygens (including phenoxy) is 2. The molecule has 128 valence electrons. The second kappa shape index (κ2) is 7.12. The number of hydrogen-bond donors (Lipinski definition) is 1. The summed E-state index contributed by atoms with van der Waals surface area (Å²) in [5.41, 5.74) is 0.634. The van der Waals surface area contributed by atoms with Crippen LogP contribution in [0, 0.1) is 0 Å². The number of hydrogen-bond acceptors (Lipinski definition) is 7. The van der Waals surface area contributed by atoms with Gasteiger partial charge in [0.05, 0.1) is 19.5 Å². The lowest BCUT2D eigenvalue weighted by molar-refractivity contribution is -0.115. The summed E-state index contributed by atoms with van der Waals surface area (Å²) in [6, 6.07) is 5.22. The maximum absolute atomic E-state index is 12.3. The molecule has 1 aromatic heterocycles. The molecule has 0 saturated heterocycles. The number of nitrogens with zero attached hydrogens (tertiary/aromatic N) is 2. The smallest absolute Gasteiger partial charge is 0.277 e. The van der Waals surface area contributed by atoms with E-state index < -0.39 is 0 Å². The van der Waals surface area contributed by atoms with E-state index in [4.69, 9.17) is 13.9 Å². The summed E-state index contributed by atoms with van der Waals surface area (Å²) >= 11 is 1.25. The number of amides is 1. The highest BCUT2D eigenvalue weighted by molar-refractivity contribution is 8.00. The van der Waals surface area contributed by atoms with Crippen molar-refractivity contribution in [3.8, 4) is 11.5 Å². The maximum atomic E-state index is 12.3. The van der Waals surface area contributed by atoms with Crippen LogP contribution in [0.5, 0.6) is 11.5 Å². The van der Waals surface area contributed by atoms with Crippen LogP contribution in [0.15, 0.2) is 27.8 Å². The number of aromatic nitrogens is 2. The van der Waals surface area contributed by atoms with E-state index in [0.717, 1.165) is 12.8 Å². The third-order valence-corrected chi connectivity index (χ3v) is 4.58. The van der Waals surface area contributed by atoms with Gasteiger partial charge in [-0.1, -0.05) is 11.8 Å². The van der Waals surface area contributed by atoms with Crippen LogP contribution in [0.25, 0.3) is 0 Å². The first-order valence-corrected chi connectivity index (χ1v) is 8.51. The monoisotopic (exact) mass is 349 g/mol. The van der Waals surface area contributed by atoms with E-state index >= 15 is 0 Å². The average Bonchev–Trinajstić information content (AvgIpc) is 3.34. The number of benzene rings is 1. The lowest BCUT2D eigenvalue weighted by Crippen LogP contribution is -2.22. The first kappa shape index (κ1) is 16.6. The van der Waals surface area contributed by atoms with E-state index in [1.165, 1.54) is 11.8 Å². The number of thioether (sulfide) groups is 1. The summed E-state index contributed by atoms with van der Waals surface area (Å²) in [6.45, 7) is 1.79. The van der Waals surface area contributed by atoms with Gasteiger partial charge in [-0.25, -0.2) is 0 Å². The Bertz CT molecular complexity index is 730.